The number of hydrogen-bond acceptors (Lipinski definition) is 2. The molecule has 0 atom stereocenters. The number of hydrogen-bond donors (Lipinski definition) is 0. The van der Waals surface area contributed by atoms with Crippen molar-refractivity contribution in [3.63, 3.8) is 0 Å². The highest BCUT2D eigenvalue weighted by molar-refractivity contribution is 5.21. The molecule has 0 heterocycles. The molecule has 0 aliphatic rings. The van der Waals surface area contributed by atoms with E-state index in [1.165, 1.54) is 11.1 Å². The Bertz CT molecular complexity index is 318. The predicted molar refractivity (Wildman–Crippen MR) is 75.3 cm³/mol. The second-order valence-corrected chi connectivity index (χ2v) is 4.75. The minimum atomic E-state index is 1.04. The Morgan fingerprint density at radius 1 is 1.06 bits per heavy atom. The molecule has 1 aromatic rings. The van der Waals surface area contributed by atoms with Gasteiger partial charge in [-0.15, -0.1) is 0 Å². The van der Waals surface area contributed by atoms with Crippen molar-refractivity contribution in [2.75, 3.05) is 33.2 Å². The minimum Gasteiger partial charge on any atom is -0.303 e. The van der Waals surface area contributed by atoms with Gasteiger partial charge in [-0.1, -0.05) is 43.7 Å². The summed E-state index contributed by atoms with van der Waals surface area (Å²) in [4.78, 5) is 4.86. The number of likely N-dealkylation sites (N-methyl/N-ethyl adjacent to an activating group) is 2. The van der Waals surface area contributed by atoms with Gasteiger partial charge < -0.3 is 9.80 Å². The molecule has 2 nitrogen and oxygen atoms in total. The second kappa shape index (κ2) is 7.46. The third-order valence-electron chi connectivity index (χ3n) is 3.23. The summed E-state index contributed by atoms with van der Waals surface area (Å²) in [6, 6.07) is 8.77. The van der Waals surface area contributed by atoms with Gasteiger partial charge in [-0.2, -0.15) is 0 Å². The molecular weight excluding hydrogens is 208 g/mol. The van der Waals surface area contributed by atoms with E-state index in [2.05, 4.69) is 61.9 Å². The fourth-order valence-electron chi connectivity index (χ4n) is 2.05. The Hall–Kier alpha value is -0.860. The molecule has 0 aromatic heterocycles. The van der Waals surface area contributed by atoms with E-state index >= 15 is 0 Å². The zero-order chi connectivity index (χ0) is 12.7. The summed E-state index contributed by atoms with van der Waals surface area (Å²) in [6.45, 7) is 12.2. The van der Waals surface area contributed by atoms with Crippen LogP contribution in [0.3, 0.4) is 0 Å². The first-order chi connectivity index (χ1) is 8.15. The summed E-state index contributed by atoms with van der Waals surface area (Å²) in [5.41, 5.74) is 2.76. The minimum absolute atomic E-state index is 1.04. The van der Waals surface area contributed by atoms with Crippen molar-refractivity contribution in [1.29, 1.82) is 0 Å². The fraction of sp³-hybridized carbons (Fsp3) is 0.600. The SMILES string of the molecule is CCN(CC)CCN(C)Cc1cccc(C)c1. The van der Waals surface area contributed by atoms with Crippen molar-refractivity contribution in [3.05, 3.63) is 35.4 Å². The highest BCUT2D eigenvalue weighted by Gasteiger charge is 2.03. The number of nitrogens with zero attached hydrogens (tertiary/aromatic N) is 2. The molecule has 0 radical (unpaired) electrons. The van der Waals surface area contributed by atoms with Gasteiger partial charge in [-0.3, -0.25) is 0 Å². The molecule has 2 heteroatoms. The van der Waals surface area contributed by atoms with Gasteiger partial charge >= 0.3 is 0 Å². The number of aryl methyl sites for hydroxylation is 1. The van der Waals surface area contributed by atoms with Gasteiger partial charge in [-0.25, -0.2) is 0 Å². The van der Waals surface area contributed by atoms with E-state index in [1.54, 1.807) is 0 Å². The quantitative estimate of drug-likeness (QED) is 0.716. The largest absolute Gasteiger partial charge is 0.303 e. The van der Waals surface area contributed by atoms with E-state index in [4.69, 9.17) is 0 Å². The van der Waals surface area contributed by atoms with Crippen LogP contribution in [0.4, 0.5) is 0 Å². The number of benzene rings is 1. The van der Waals surface area contributed by atoms with Gasteiger partial charge in [0.15, 0.2) is 0 Å². The topological polar surface area (TPSA) is 6.48 Å². The predicted octanol–water partition coefficient (Wildman–Crippen LogP) is 2.77. The van der Waals surface area contributed by atoms with E-state index in [-0.39, 0.29) is 0 Å². The van der Waals surface area contributed by atoms with Gasteiger partial charge in [0.2, 0.25) is 0 Å². The molecule has 0 saturated heterocycles. The van der Waals surface area contributed by atoms with Crippen molar-refractivity contribution in [2.24, 2.45) is 0 Å². The maximum absolute atomic E-state index is 2.47. The van der Waals surface area contributed by atoms with E-state index < -0.39 is 0 Å². The van der Waals surface area contributed by atoms with Crippen LogP contribution in [0.5, 0.6) is 0 Å². The Labute approximate surface area is 106 Å². The lowest BCUT2D eigenvalue weighted by molar-refractivity contribution is 0.236. The van der Waals surface area contributed by atoms with Crippen LogP contribution in [0.25, 0.3) is 0 Å². The Morgan fingerprint density at radius 3 is 2.35 bits per heavy atom. The first-order valence-electron chi connectivity index (χ1n) is 6.62. The molecule has 1 aromatic carbocycles. The summed E-state index contributed by atoms with van der Waals surface area (Å²) in [6.07, 6.45) is 0. The molecule has 0 fully saturated rings. The first kappa shape index (κ1) is 14.2. The Balaban J connectivity index is 2.36. The van der Waals surface area contributed by atoms with Gasteiger partial charge in [0.1, 0.15) is 0 Å². The zero-order valence-corrected chi connectivity index (χ0v) is 11.7. The monoisotopic (exact) mass is 234 g/mol. The van der Waals surface area contributed by atoms with Gasteiger partial charge in [0.25, 0.3) is 0 Å². The van der Waals surface area contributed by atoms with Gasteiger partial charge in [0.05, 0.1) is 0 Å². The van der Waals surface area contributed by atoms with E-state index in [9.17, 15) is 0 Å². The molecule has 0 aliphatic heterocycles. The first-order valence-corrected chi connectivity index (χ1v) is 6.62. The smallest absolute Gasteiger partial charge is 0.0231 e. The van der Waals surface area contributed by atoms with Crippen LogP contribution in [0.2, 0.25) is 0 Å². The molecule has 0 saturated carbocycles. The van der Waals surface area contributed by atoms with E-state index in [0.717, 1.165) is 32.7 Å². The lowest BCUT2D eigenvalue weighted by Crippen LogP contribution is -2.32. The highest BCUT2D eigenvalue weighted by atomic mass is 15.2. The van der Waals surface area contributed by atoms with Crippen LogP contribution in [-0.4, -0.2) is 43.0 Å². The zero-order valence-electron chi connectivity index (χ0n) is 11.7. The van der Waals surface area contributed by atoms with Crippen molar-refractivity contribution in [2.45, 2.75) is 27.3 Å². The molecule has 0 aliphatic carbocycles. The summed E-state index contributed by atoms with van der Waals surface area (Å²) in [7, 11) is 2.20. The highest BCUT2D eigenvalue weighted by Crippen LogP contribution is 2.06. The van der Waals surface area contributed by atoms with Crippen LogP contribution in [-0.2, 0) is 6.54 Å². The normalized spacial score (nSPS) is 11.4. The molecule has 1 rings (SSSR count). The van der Waals surface area contributed by atoms with Crippen LogP contribution < -0.4 is 0 Å². The van der Waals surface area contributed by atoms with Crippen molar-refractivity contribution >= 4 is 0 Å². The summed E-state index contributed by atoms with van der Waals surface area (Å²) in [5.74, 6) is 0. The molecule has 0 spiro atoms. The maximum Gasteiger partial charge on any atom is 0.0231 e. The fourth-order valence-corrected chi connectivity index (χ4v) is 2.05. The van der Waals surface area contributed by atoms with E-state index in [0.29, 0.717) is 0 Å². The van der Waals surface area contributed by atoms with Crippen LogP contribution in [0, 0.1) is 6.92 Å². The molecule has 96 valence electrons. The van der Waals surface area contributed by atoms with Gasteiger partial charge in [0, 0.05) is 19.6 Å². The summed E-state index contributed by atoms with van der Waals surface area (Å²) >= 11 is 0. The third-order valence-corrected chi connectivity index (χ3v) is 3.23. The van der Waals surface area contributed by atoms with Crippen molar-refractivity contribution in [3.8, 4) is 0 Å². The van der Waals surface area contributed by atoms with Crippen LogP contribution in [0.15, 0.2) is 24.3 Å². The average molecular weight is 234 g/mol. The summed E-state index contributed by atoms with van der Waals surface area (Å²) in [5, 5.41) is 0. The molecule has 17 heavy (non-hydrogen) atoms. The van der Waals surface area contributed by atoms with Gasteiger partial charge in [-0.05, 0) is 32.6 Å². The lowest BCUT2D eigenvalue weighted by Gasteiger charge is -2.23. The average Bonchev–Trinajstić information content (AvgIpc) is 2.30. The second-order valence-electron chi connectivity index (χ2n) is 4.75. The molecule has 0 unspecified atom stereocenters. The molecule has 0 amide bonds. The lowest BCUT2D eigenvalue weighted by atomic mass is 10.1. The maximum atomic E-state index is 2.47. The van der Waals surface area contributed by atoms with Crippen molar-refractivity contribution < 1.29 is 0 Å². The molecular formula is C15H26N2. The number of rotatable bonds is 7. The van der Waals surface area contributed by atoms with E-state index in [1.807, 2.05) is 0 Å². The molecule has 0 N–H and O–H groups in total. The standard InChI is InChI=1S/C15H26N2/c1-5-17(6-2)11-10-16(4)13-15-9-7-8-14(3)12-15/h7-9,12H,5-6,10-11,13H2,1-4H3. The molecule has 0 bridgehead atoms. The Kier molecular flexibility index (Phi) is 6.23. The summed E-state index contributed by atoms with van der Waals surface area (Å²) < 4.78 is 0. The third kappa shape index (κ3) is 5.33. The Morgan fingerprint density at radius 2 is 1.76 bits per heavy atom. The van der Waals surface area contributed by atoms with Crippen LogP contribution >= 0.6 is 0 Å². The van der Waals surface area contributed by atoms with Crippen molar-refractivity contribution in [1.82, 2.24) is 9.80 Å². The van der Waals surface area contributed by atoms with Crippen LogP contribution in [0.1, 0.15) is 25.0 Å².